The van der Waals surface area contributed by atoms with Gasteiger partial charge in [-0.3, -0.25) is 10.2 Å². The van der Waals surface area contributed by atoms with E-state index in [2.05, 4.69) is 5.32 Å². The summed E-state index contributed by atoms with van der Waals surface area (Å²) in [5.41, 5.74) is 1.70. The number of amides is 2. The Bertz CT molecular complexity index is 1150. The highest BCUT2D eigenvalue weighted by molar-refractivity contribution is 5.87. The van der Waals surface area contributed by atoms with Crippen molar-refractivity contribution in [2.24, 2.45) is 0 Å². The van der Waals surface area contributed by atoms with Gasteiger partial charge in [-0.05, 0) is 64.8 Å². The van der Waals surface area contributed by atoms with E-state index in [9.17, 15) is 9.59 Å². The molecule has 0 radical (unpaired) electrons. The number of para-hydroxylation sites is 2. The molecule has 0 saturated carbocycles. The molecule has 1 N–H and O–H groups in total. The molecule has 4 rings (SSSR count). The summed E-state index contributed by atoms with van der Waals surface area (Å²) < 4.78 is 12.7. The minimum absolute atomic E-state index is 0.245. The van der Waals surface area contributed by atoms with Gasteiger partial charge in [0.1, 0.15) is 17.2 Å². The number of ether oxygens (including phenoxy) is 2. The van der Waals surface area contributed by atoms with Crippen molar-refractivity contribution in [3.63, 3.8) is 0 Å². The van der Waals surface area contributed by atoms with E-state index in [1.165, 1.54) is 0 Å². The van der Waals surface area contributed by atoms with E-state index < -0.39 is 11.7 Å². The van der Waals surface area contributed by atoms with Gasteiger partial charge in [0.25, 0.3) is 0 Å². The van der Waals surface area contributed by atoms with Crippen LogP contribution in [-0.4, -0.2) is 39.0 Å². The molecule has 1 aromatic heterocycles. The standard InChI is InChI=1S/C26H30N4O4/c1-18-22(21-16-11-17-29(21)25(32)34-26(2,3)4)28-30(19-12-7-5-8-13-19)23(18)27-24(31)33-20-14-9-6-10-15-20/h5-10,12-15,21H,11,16-17H2,1-4H3,(H,27,31)/t21-/m0/s1. The van der Waals surface area contributed by atoms with E-state index in [0.29, 0.717) is 18.1 Å². The average Bonchev–Trinajstić information content (AvgIpc) is 3.39. The number of nitrogens with one attached hydrogen (secondary N) is 1. The van der Waals surface area contributed by atoms with Crippen LogP contribution in [-0.2, 0) is 4.74 Å². The maximum absolute atomic E-state index is 12.9. The monoisotopic (exact) mass is 462 g/mol. The fraction of sp³-hybridized carbons (Fsp3) is 0.346. The molecule has 1 atom stereocenters. The number of benzene rings is 2. The molecule has 178 valence electrons. The van der Waals surface area contributed by atoms with Crippen molar-refractivity contribution in [2.75, 3.05) is 11.9 Å². The molecule has 2 heterocycles. The van der Waals surface area contributed by atoms with E-state index in [-0.39, 0.29) is 12.1 Å². The fourth-order valence-electron chi connectivity index (χ4n) is 4.04. The minimum Gasteiger partial charge on any atom is -0.444 e. The van der Waals surface area contributed by atoms with Crippen molar-refractivity contribution < 1.29 is 19.1 Å². The van der Waals surface area contributed by atoms with Crippen molar-refractivity contribution >= 4 is 18.0 Å². The predicted molar refractivity (Wildman–Crippen MR) is 129 cm³/mol. The Hall–Kier alpha value is -3.81. The zero-order chi connectivity index (χ0) is 24.3. The van der Waals surface area contributed by atoms with Gasteiger partial charge in [-0.1, -0.05) is 36.4 Å². The first kappa shape index (κ1) is 23.4. The third-order valence-corrected chi connectivity index (χ3v) is 5.53. The summed E-state index contributed by atoms with van der Waals surface area (Å²) >= 11 is 0. The van der Waals surface area contributed by atoms with Crippen molar-refractivity contribution in [3.8, 4) is 11.4 Å². The molecule has 1 aliphatic rings. The van der Waals surface area contributed by atoms with Gasteiger partial charge in [0, 0.05) is 12.1 Å². The molecule has 8 heteroatoms. The Morgan fingerprint density at radius 1 is 1.03 bits per heavy atom. The molecule has 2 aromatic carbocycles. The van der Waals surface area contributed by atoms with E-state index >= 15 is 0 Å². The number of hydrogen-bond acceptors (Lipinski definition) is 5. The molecule has 2 amide bonds. The molecule has 8 nitrogen and oxygen atoms in total. The van der Waals surface area contributed by atoms with Crippen LogP contribution in [0.25, 0.3) is 5.69 Å². The Morgan fingerprint density at radius 2 is 1.68 bits per heavy atom. The van der Waals surface area contributed by atoms with Crippen molar-refractivity contribution in [1.29, 1.82) is 0 Å². The number of likely N-dealkylation sites (tertiary alicyclic amines) is 1. The van der Waals surface area contributed by atoms with Crippen LogP contribution in [0.4, 0.5) is 15.4 Å². The van der Waals surface area contributed by atoms with Gasteiger partial charge >= 0.3 is 12.2 Å². The van der Waals surface area contributed by atoms with E-state index in [1.807, 2.05) is 64.1 Å². The Labute approximate surface area is 199 Å². The van der Waals surface area contributed by atoms with Gasteiger partial charge in [-0.15, -0.1) is 0 Å². The van der Waals surface area contributed by atoms with E-state index in [0.717, 1.165) is 29.8 Å². The highest BCUT2D eigenvalue weighted by Gasteiger charge is 2.36. The lowest BCUT2D eigenvalue weighted by molar-refractivity contribution is 0.0221. The van der Waals surface area contributed by atoms with Crippen LogP contribution in [0, 0.1) is 6.92 Å². The van der Waals surface area contributed by atoms with Crippen LogP contribution in [0.1, 0.15) is 50.9 Å². The van der Waals surface area contributed by atoms with Gasteiger partial charge < -0.3 is 9.47 Å². The number of hydrogen-bond donors (Lipinski definition) is 1. The smallest absolute Gasteiger partial charge is 0.418 e. The maximum atomic E-state index is 12.9. The van der Waals surface area contributed by atoms with Gasteiger partial charge in [0.15, 0.2) is 0 Å². The quantitative estimate of drug-likeness (QED) is 0.525. The molecule has 1 saturated heterocycles. The molecule has 1 fully saturated rings. The zero-order valence-electron chi connectivity index (χ0n) is 19.9. The normalized spacial score (nSPS) is 15.8. The van der Waals surface area contributed by atoms with Crippen molar-refractivity contribution in [3.05, 3.63) is 71.9 Å². The SMILES string of the molecule is Cc1c([C@@H]2CCCN2C(=O)OC(C)(C)C)nn(-c2ccccc2)c1NC(=O)Oc1ccccc1. The molecule has 3 aromatic rings. The summed E-state index contributed by atoms with van der Waals surface area (Å²) in [6.07, 6.45) is 0.634. The third kappa shape index (κ3) is 5.22. The molecule has 0 bridgehead atoms. The molecule has 0 aliphatic carbocycles. The second-order valence-corrected chi connectivity index (χ2v) is 9.27. The number of nitrogens with zero attached hydrogens (tertiary/aromatic N) is 3. The lowest BCUT2D eigenvalue weighted by Gasteiger charge is -2.28. The summed E-state index contributed by atoms with van der Waals surface area (Å²) in [6, 6.07) is 18.2. The van der Waals surface area contributed by atoms with E-state index in [1.54, 1.807) is 33.8 Å². The van der Waals surface area contributed by atoms with Gasteiger partial charge in [0.2, 0.25) is 0 Å². The Balaban J connectivity index is 1.67. The zero-order valence-corrected chi connectivity index (χ0v) is 19.9. The maximum Gasteiger partial charge on any atom is 0.418 e. The highest BCUT2D eigenvalue weighted by Crippen LogP contribution is 2.37. The van der Waals surface area contributed by atoms with Gasteiger partial charge in [-0.25, -0.2) is 14.3 Å². The molecule has 0 spiro atoms. The highest BCUT2D eigenvalue weighted by atomic mass is 16.6. The topological polar surface area (TPSA) is 85.7 Å². The lowest BCUT2D eigenvalue weighted by Crippen LogP contribution is -2.36. The van der Waals surface area contributed by atoms with Gasteiger partial charge in [0.05, 0.1) is 17.4 Å². The van der Waals surface area contributed by atoms with Crippen LogP contribution in [0.15, 0.2) is 60.7 Å². The first-order valence-electron chi connectivity index (χ1n) is 11.4. The summed E-state index contributed by atoms with van der Waals surface area (Å²) in [4.78, 5) is 27.3. The molecule has 0 unspecified atom stereocenters. The van der Waals surface area contributed by atoms with Crippen LogP contribution < -0.4 is 10.1 Å². The van der Waals surface area contributed by atoms with Crippen LogP contribution >= 0.6 is 0 Å². The average molecular weight is 463 g/mol. The van der Waals surface area contributed by atoms with E-state index in [4.69, 9.17) is 14.6 Å². The molecular weight excluding hydrogens is 432 g/mol. The molecule has 34 heavy (non-hydrogen) atoms. The van der Waals surface area contributed by atoms with Crippen molar-refractivity contribution in [1.82, 2.24) is 14.7 Å². The summed E-state index contributed by atoms with van der Waals surface area (Å²) in [5, 5.41) is 7.70. The number of aromatic nitrogens is 2. The number of rotatable bonds is 4. The molecular formula is C26H30N4O4. The fourth-order valence-corrected chi connectivity index (χ4v) is 4.04. The van der Waals surface area contributed by atoms with Crippen LogP contribution in [0.5, 0.6) is 5.75 Å². The second kappa shape index (κ2) is 9.59. The van der Waals surface area contributed by atoms with Crippen LogP contribution in [0.3, 0.4) is 0 Å². The first-order valence-corrected chi connectivity index (χ1v) is 11.4. The predicted octanol–water partition coefficient (Wildman–Crippen LogP) is 5.86. The second-order valence-electron chi connectivity index (χ2n) is 9.27. The Kier molecular flexibility index (Phi) is 6.58. The lowest BCUT2D eigenvalue weighted by atomic mass is 10.1. The van der Waals surface area contributed by atoms with Gasteiger partial charge in [-0.2, -0.15) is 5.10 Å². The Morgan fingerprint density at radius 3 is 2.32 bits per heavy atom. The summed E-state index contributed by atoms with van der Waals surface area (Å²) in [6.45, 7) is 8.05. The van der Waals surface area contributed by atoms with Crippen molar-refractivity contribution in [2.45, 2.75) is 52.2 Å². The third-order valence-electron chi connectivity index (χ3n) is 5.53. The number of carbonyl (C=O) groups excluding carboxylic acids is 2. The largest absolute Gasteiger partial charge is 0.444 e. The minimum atomic E-state index is -0.617. The number of anilines is 1. The van der Waals surface area contributed by atoms with Crippen LogP contribution in [0.2, 0.25) is 0 Å². The summed E-state index contributed by atoms with van der Waals surface area (Å²) in [7, 11) is 0. The first-order chi connectivity index (χ1) is 16.2. The summed E-state index contributed by atoms with van der Waals surface area (Å²) in [5.74, 6) is 0.939. The number of carbonyl (C=O) groups is 2. The molecule has 1 aliphatic heterocycles.